The number of hydrogen-bond acceptors (Lipinski definition) is 1. The second-order valence-electron chi connectivity index (χ2n) is 6.19. The number of nitrogens with zero attached hydrogens (tertiary/aromatic N) is 1. The van der Waals surface area contributed by atoms with Crippen molar-refractivity contribution in [3.05, 3.63) is 65.2 Å². The summed E-state index contributed by atoms with van der Waals surface area (Å²) in [7, 11) is 0. The molecule has 0 bridgehead atoms. The number of rotatable bonds is 1. The molecule has 1 aliphatic rings. The van der Waals surface area contributed by atoms with Crippen LogP contribution in [0, 0.1) is 0 Å². The zero-order valence-electron chi connectivity index (χ0n) is 11.8. The van der Waals surface area contributed by atoms with Crippen LogP contribution in [0.5, 0.6) is 0 Å². The van der Waals surface area contributed by atoms with Gasteiger partial charge in [-0.25, -0.2) is 0 Å². The first-order chi connectivity index (χ1) is 9.04. The van der Waals surface area contributed by atoms with Crippen molar-refractivity contribution in [3.8, 4) is 0 Å². The summed E-state index contributed by atoms with van der Waals surface area (Å²) in [4.78, 5) is 4.76. The van der Waals surface area contributed by atoms with E-state index in [1.165, 1.54) is 22.4 Å². The van der Waals surface area contributed by atoms with Gasteiger partial charge in [0.1, 0.15) is 0 Å². The minimum absolute atomic E-state index is 0.183. The lowest BCUT2D eigenvalue weighted by Gasteiger charge is -2.19. The standard InChI is InChI=1S/C18H19N/c1-18(2,3)15-9-6-8-13(11-15)17-12-14-7-4-5-10-16(14)19-17/h4-11H,12H2,1-3H3. The number of hydrogen-bond donors (Lipinski definition) is 0. The fraction of sp³-hybridized carbons (Fsp3) is 0.278. The normalized spacial score (nSPS) is 14.2. The van der Waals surface area contributed by atoms with Crippen molar-refractivity contribution in [2.75, 3.05) is 0 Å². The number of aliphatic imine (C=N–C) groups is 1. The Kier molecular flexibility index (Phi) is 2.78. The van der Waals surface area contributed by atoms with E-state index in [1.54, 1.807) is 0 Å². The predicted molar refractivity (Wildman–Crippen MR) is 81.5 cm³/mol. The first-order valence-corrected chi connectivity index (χ1v) is 6.80. The van der Waals surface area contributed by atoms with Gasteiger partial charge in [0.05, 0.1) is 11.4 Å². The van der Waals surface area contributed by atoms with Gasteiger partial charge in [0.2, 0.25) is 0 Å². The molecule has 0 saturated heterocycles. The van der Waals surface area contributed by atoms with Crippen molar-refractivity contribution in [2.24, 2.45) is 4.99 Å². The maximum absolute atomic E-state index is 4.76. The molecule has 0 radical (unpaired) electrons. The lowest BCUT2D eigenvalue weighted by Crippen LogP contribution is -2.12. The van der Waals surface area contributed by atoms with Crippen LogP contribution in [0.15, 0.2) is 53.5 Å². The predicted octanol–water partition coefficient (Wildman–Crippen LogP) is 4.66. The van der Waals surface area contributed by atoms with Crippen LogP contribution in [0.3, 0.4) is 0 Å². The maximum Gasteiger partial charge on any atom is 0.0669 e. The van der Waals surface area contributed by atoms with E-state index in [2.05, 4.69) is 69.3 Å². The molecular formula is C18H19N. The van der Waals surface area contributed by atoms with Crippen LogP contribution in [0.25, 0.3) is 0 Å². The third-order valence-corrected chi connectivity index (χ3v) is 3.67. The highest BCUT2D eigenvalue weighted by molar-refractivity contribution is 6.06. The van der Waals surface area contributed by atoms with Crippen molar-refractivity contribution in [1.82, 2.24) is 0 Å². The summed E-state index contributed by atoms with van der Waals surface area (Å²) >= 11 is 0. The minimum Gasteiger partial charge on any atom is -0.252 e. The molecule has 2 aromatic carbocycles. The van der Waals surface area contributed by atoms with Gasteiger partial charge in [-0.2, -0.15) is 0 Å². The number of benzene rings is 2. The van der Waals surface area contributed by atoms with Crippen molar-refractivity contribution in [1.29, 1.82) is 0 Å². The molecule has 0 saturated carbocycles. The van der Waals surface area contributed by atoms with Gasteiger partial charge < -0.3 is 0 Å². The van der Waals surface area contributed by atoms with Crippen LogP contribution in [0.2, 0.25) is 0 Å². The summed E-state index contributed by atoms with van der Waals surface area (Å²) in [6, 6.07) is 17.2. The van der Waals surface area contributed by atoms with Crippen molar-refractivity contribution in [2.45, 2.75) is 32.6 Å². The summed E-state index contributed by atoms with van der Waals surface area (Å²) in [6.07, 6.45) is 0.948. The van der Waals surface area contributed by atoms with E-state index < -0.39 is 0 Å². The molecule has 1 heterocycles. The minimum atomic E-state index is 0.183. The van der Waals surface area contributed by atoms with Crippen LogP contribution in [0.1, 0.15) is 37.5 Å². The largest absolute Gasteiger partial charge is 0.252 e. The Hall–Kier alpha value is -1.89. The van der Waals surface area contributed by atoms with Crippen LogP contribution in [-0.2, 0) is 11.8 Å². The van der Waals surface area contributed by atoms with E-state index in [0.717, 1.165) is 12.1 Å². The monoisotopic (exact) mass is 249 g/mol. The Morgan fingerprint density at radius 3 is 2.47 bits per heavy atom. The average molecular weight is 249 g/mol. The SMILES string of the molecule is CC(C)(C)c1cccc(C2=Nc3ccccc3C2)c1. The molecule has 96 valence electrons. The van der Waals surface area contributed by atoms with E-state index in [4.69, 9.17) is 4.99 Å². The lowest BCUT2D eigenvalue weighted by molar-refractivity contribution is 0.590. The average Bonchev–Trinajstić information content (AvgIpc) is 2.81. The van der Waals surface area contributed by atoms with Gasteiger partial charge in [-0.3, -0.25) is 4.99 Å². The zero-order chi connectivity index (χ0) is 13.5. The van der Waals surface area contributed by atoms with Crippen molar-refractivity contribution < 1.29 is 0 Å². The first-order valence-electron chi connectivity index (χ1n) is 6.80. The van der Waals surface area contributed by atoms with Crippen LogP contribution >= 0.6 is 0 Å². The number of fused-ring (bicyclic) bond motifs is 1. The first kappa shape index (κ1) is 12.2. The highest BCUT2D eigenvalue weighted by atomic mass is 14.8. The van der Waals surface area contributed by atoms with Gasteiger partial charge in [0.15, 0.2) is 0 Å². The van der Waals surface area contributed by atoms with E-state index in [0.29, 0.717) is 0 Å². The Bertz CT molecular complexity index is 645. The van der Waals surface area contributed by atoms with Crippen LogP contribution < -0.4 is 0 Å². The Balaban J connectivity index is 1.98. The topological polar surface area (TPSA) is 12.4 Å². The second-order valence-corrected chi connectivity index (χ2v) is 6.19. The summed E-state index contributed by atoms with van der Waals surface area (Å²) in [6.45, 7) is 6.74. The smallest absolute Gasteiger partial charge is 0.0669 e. The van der Waals surface area contributed by atoms with Gasteiger partial charge in [0, 0.05) is 6.42 Å². The lowest BCUT2D eigenvalue weighted by atomic mass is 9.85. The Labute approximate surface area is 115 Å². The number of para-hydroxylation sites is 1. The molecule has 19 heavy (non-hydrogen) atoms. The van der Waals surface area contributed by atoms with E-state index in [1.807, 2.05) is 0 Å². The Morgan fingerprint density at radius 1 is 0.947 bits per heavy atom. The molecule has 0 unspecified atom stereocenters. The Morgan fingerprint density at radius 2 is 1.74 bits per heavy atom. The van der Waals surface area contributed by atoms with Gasteiger partial charge in [-0.05, 0) is 34.2 Å². The molecule has 1 heteroatoms. The maximum atomic E-state index is 4.76. The second kappa shape index (κ2) is 4.34. The molecule has 0 spiro atoms. The molecular weight excluding hydrogens is 230 g/mol. The molecule has 2 aromatic rings. The molecule has 0 N–H and O–H groups in total. The fourth-order valence-electron chi connectivity index (χ4n) is 2.47. The summed E-state index contributed by atoms with van der Waals surface area (Å²) < 4.78 is 0. The molecule has 3 rings (SSSR count). The third-order valence-electron chi connectivity index (χ3n) is 3.67. The zero-order valence-corrected chi connectivity index (χ0v) is 11.8. The fourth-order valence-corrected chi connectivity index (χ4v) is 2.47. The molecule has 0 amide bonds. The quantitative estimate of drug-likeness (QED) is 0.697. The van der Waals surface area contributed by atoms with Crippen molar-refractivity contribution >= 4 is 11.4 Å². The summed E-state index contributed by atoms with van der Waals surface area (Å²) in [5, 5.41) is 0. The molecule has 0 aromatic heterocycles. The van der Waals surface area contributed by atoms with Gasteiger partial charge in [-0.1, -0.05) is 57.2 Å². The van der Waals surface area contributed by atoms with E-state index in [-0.39, 0.29) is 5.41 Å². The van der Waals surface area contributed by atoms with Gasteiger partial charge >= 0.3 is 0 Å². The molecule has 0 atom stereocenters. The highest BCUT2D eigenvalue weighted by Gasteiger charge is 2.18. The third kappa shape index (κ3) is 2.33. The molecule has 1 aliphatic heterocycles. The van der Waals surface area contributed by atoms with E-state index >= 15 is 0 Å². The van der Waals surface area contributed by atoms with Crippen LogP contribution in [0.4, 0.5) is 5.69 Å². The molecule has 0 fully saturated rings. The van der Waals surface area contributed by atoms with Crippen molar-refractivity contribution in [3.63, 3.8) is 0 Å². The van der Waals surface area contributed by atoms with Gasteiger partial charge in [0.25, 0.3) is 0 Å². The summed E-state index contributed by atoms with van der Waals surface area (Å²) in [5.41, 5.74) is 6.44. The van der Waals surface area contributed by atoms with Crippen LogP contribution in [-0.4, -0.2) is 5.71 Å². The highest BCUT2D eigenvalue weighted by Crippen LogP contribution is 2.30. The summed E-state index contributed by atoms with van der Waals surface area (Å²) in [5.74, 6) is 0. The van der Waals surface area contributed by atoms with E-state index in [9.17, 15) is 0 Å². The molecule has 0 aliphatic carbocycles. The van der Waals surface area contributed by atoms with Gasteiger partial charge in [-0.15, -0.1) is 0 Å². The molecule has 1 nitrogen and oxygen atoms in total.